The van der Waals surface area contributed by atoms with Gasteiger partial charge in [-0.05, 0) is 26.3 Å². The number of ether oxygens (including phenoxy) is 4. The predicted octanol–water partition coefficient (Wildman–Crippen LogP) is 0.699. The van der Waals surface area contributed by atoms with Crippen molar-refractivity contribution in [3.05, 3.63) is 22.3 Å². The summed E-state index contributed by atoms with van der Waals surface area (Å²) in [6.45, 7) is 6.99. The standard InChI is InChI=1S/C23H31N5O9S2/c1-11(37-21(32)23(2,3)4)36-20(31)16-12(8-35-7-6-34-5)9-38-19-15(18(30)28(16)19)26-17(29)14(27-33)13-10-39-22(24)25-13/h10-11,15,19,33H,6-9H2,1-5H3,(H2,24,25)(H,26,29)/b27-14-/t11?,15?,19-/m0/s1. The lowest BCUT2D eigenvalue weighted by Crippen LogP contribution is -2.71. The summed E-state index contributed by atoms with van der Waals surface area (Å²) in [4.78, 5) is 56.5. The summed E-state index contributed by atoms with van der Waals surface area (Å²) in [7, 11) is 1.52. The molecule has 2 aliphatic heterocycles. The third kappa shape index (κ3) is 7.06. The number of rotatable bonds is 11. The molecule has 2 amide bonds. The lowest BCUT2D eigenvalue weighted by Gasteiger charge is -2.49. The van der Waals surface area contributed by atoms with Crippen LogP contribution in [0.5, 0.6) is 0 Å². The van der Waals surface area contributed by atoms with Crippen molar-refractivity contribution in [2.75, 3.05) is 38.4 Å². The van der Waals surface area contributed by atoms with Crippen molar-refractivity contribution in [2.45, 2.75) is 45.4 Å². The van der Waals surface area contributed by atoms with Crippen molar-refractivity contribution in [3.63, 3.8) is 0 Å². The molecule has 1 fully saturated rings. The van der Waals surface area contributed by atoms with Crippen LogP contribution in [0.2, 0.25) is 0 Å². The number of aromatic nitrogens is 1. The molecule has 0 bridgehead atoms. The molecular formula is C23H31N5O9S2. The predicted molar refractivity (Wildman–Crippen MR) is 141 cm³/mol. The number of β-lactam (4-membered cyclic amide) rings is 1. The Morgan fingerprint density at radius 1 is 1.31 bits per heavy atom. The molecule has 0 aromatic carbocycles. The highest BCUT2D eigenvalue weighted by Gasteiger charge is 2.55. The van der Waals surface area contributed by atoms with Gasteiger partial charge in [0.2, 0.25) is 6.29 Å². The van der Waals surface area contributed by atoms with Crippen LogP contribution in [0.1, 0.15) is 33.4 Å². The maximum Gasteiger partial charge on any atom is 0.358 e. The third-order valence-corrected chi connectivity index (χ3v) is 7.49. The fourth-order valence-electron chi connectivity index (χ4n) is 3.50. The van der Waals surface area contributed by atoms with Crippen LogP contribution in [0.25, 0.3) is 0 Å². The third-order valence-electron chi connectivity index (χ3n) is 5.47. The summed E-state index contributed by atoms with van der Waals surface area (Å²) in [6, 6.07) is -1.02. The summed E-state index contributed by atoms with van der Waals surface area (Å²) in [5.74, 6) is -2.59. The molecule has 3 heterocycles. The number of fused-ring (bicyclic) bond motifs is 1. The number of anilines is 1. The zero-order valence-corrected chi connectivity index (χ0v) is 23.7. The number of thiazole rings is 1. The van der Waals surface area contributed by atoms with Crippen molar-refractivity contribution >= 4 is 57.7 Å². The summed E-state index contributed by atoms with van der Waals surface area (Å²) >= 11 is 2.36. The zero-order valence-electron chi connectivity index (χ0n) is 22.1. The average molecular weight is 586 g/mol. The van der Waals surface area contributed by atoms with Crippen LogP contribution in [0.4, 0.5) is 5.13 Å². The molecule has 214 valence electrons. The van der Waals surface area contributed by atoms with Crippen molar-refractivity contribution in [1.29, 1.82) is 0 Å². The molecule has 0 spiro atoms. The maximum atomic E-state index is 13.2. The summed E-state index contributed by atoms with van der Waals surface area (Å²) in [5.41, 5.74) is 4.86. The van der Waals surface area contributed by atoms with Gasteiger partial charge in [-0.2, -0.15) is 0 Å². The zero-order chi connectivity index (χ0) is 28.9. The molecule has 0 aliphatic carbocycles. The van der Waals surface area contributed by atoms with Gasteiger partial charge < -0.3 is 35.2 Å². The fraction of sp³-hybridized carbons (Fsp3) is 0.565. The first kappa shape index (κ1) is 30.3. The number of esters is 2. The van der Waals surface area contributed by atoms with Crippen LogP contribution in [-0.2, 0) is 38.1 Å². The average Bonchev–Trinajstić information content (AvgIpc) is 3.29. The van der Waals surface area contributed by atoms with Gasteiger partial charge in [0.15, 0.2) is 10.8 Å². The van der Waals surface area contributed by atoms with E-state index in [0.717, 1.165) is 11.3 Å². The fourth-order valence-corrected chi connectivity index (χ4v) is 5.37. The summed E-state index contributed by atoms with van der Waals surface area (Å²) in [6.07, 6.45) is -1.22. The molecule has 1 aromatic rings. The quantitative estimate of drug-likeness (QED) is 0.0627. The highest BCUT2D eigenvalue weighted by molar-refractivity contribution is 8.00. The number of oxime groups is 1. The van der Waals surface area contributed by atoms with Crippen LogP contribution < -0.4 is 11.1 Å². The number of nitrogens with one attached hydrogen (secondary N) is 1. The molecule has 16 heteroatoms. The van der Waals surface area contributed by atoms with Crippen LogP contribution in [0, 0.1) is 5.41 Å². The molecule has 14 nitrogen and oxygen atoms in total. The van der Waals surface area contributed by atoms with Crippen molar-refractivity contribution < 1.29 is 43.3 Å². The number of hydrogen-bond donors (Lipinski definition) is 3. The molecule has 39 heavy (non-hydrogen) atoms. The minimum absolute atomic E-state index is 0.0248. The van der Waals surface area contributed by atoms with Gasteiger partial charge in [-0.3, -0.25) is 19.3 Å². The number of hydrogen-bond acceptors (Lipinski definition) is 14. The summed E-state index contributed by atoms with van der Waals surface area (Å²) < 4.78 is 21.1. The van der Waals surface area contributed by atoms with Crippen LogP contribution in [0.3, 0.4) is 0 Å². The monoisotopic (exact) mass is 585 g/mol. The lowest BCUT2D eigenvalue weighted by molar-refractivity contribution is -0.190. The van der Waals surface area contributed by atoms with E-state index in [4.69, 9.17) is 24.7 Å². The van der Waals surface area contributed by atoms with E-state index >= 15 is 0 Å². The molecule has 0 radical (unpaired) electrons. The maximum absolute atomic E-state index is 13.2. The Morgan fingerprint density at radius 2 is 2.03 bits per heavy atom. The van der Waals surface area contributed by atoms with Gasteiger partial charge >= 0.3 is 11.9 Å². The second-order valence-electron chi connectivity index (χ2n) is 9.51. The number of carbonyl (C=O) groups is 4. The van der Waals surface area contributed by atoms with Crippen molar-refractivity contribution in [1.82, 2.24) is 15.2 Å². The van der Waals surface area contributed by atoms with E-state index in [1.54, 1.807) is 20.8 Å². The topological polar surface area (TPSA) is 192 Å². The van der Waals surface area contributed by atoms with E-state index in [2.05, 4.69) is 15.5 Å². The SMILES string of the molecule is COCCOCC1=C(C(=O)OC(C)OC(=O)C(C)(C)C)N2C(=O)C(NC(=O)/C(=N\O)c3csc(N)n3)[C@@H]2SC1. The Hall–Kier alpha value is -3.21. The second kappa shape index (κ2) is 12.8. The van der Waals surface area contributed by atoms with Crippen LogP contribution in [0.15, 0.2) is 21.8 Å². The molecule has 2 aliphatic rings. The van der Waals surface area contributed by atoms with Gasteiger partial charge in [-0.15, -0.1) is 23.1 Å². The van der Waals surface area contributed by atoms with Crippen molar-refractivity contribution in [2.24, 2.45) is 10.6 Å². The molecular weight excluding hydrogens is 554 g/mol. The van der Waals surface area contributed by atoms with E-state index < -0.39 is 52.6 Å². The minimum atomic E-state index is -1.22. The largest absolute Gasteiger partial charge is 0.425 e. The minimum Gasteiger partial charge on any atom is -0.425 e. The summed E-state index contributed by atoms with van der Waals surface area (Å²) in [5, 5.41) is 15.8. The molecule has 2 unspecified atom stereocenters. The van der Waals surface area contributed by atoms with Gasteiger partial charge in [-0.1, -0.05) is 5.16 Å². The van der Waals surface area contributed by atoms with Crippen LogP contribution in [-0.4, -0.2) is 94.9 Å². The molecule has 3 atom stereocenters. The van der Waals surface area contributed by atoms with Gasteiger partial charge in [0.05, 0.1) is 25.2 Å². The Morgan fingerprint density at radius 3 is 2.62 bits per heavy atom. The number of thioether (sulfide) groups is 1. The van der Waals surface area contributed by atoms with E-state index in [1.807, 2.05) is 0 Å². The molecule has 1 aromatic heterocycles. The first-order valence-corrected chi connectivity index (χ1v) is 13.7. The highest BCUT2D eigenvalue weighted by atomic mass is 32.2. The number of amides is 2. The first-order valence-electron chi connectivity index (χ1n) is 11.8. The van der Waals surface area contributed by atoms with E-state index in [-0.39, 0.29) is 35.5 Å². The number of nitrogens with zero attached hydrogens (tertiary/aromatic N) is 3. The Kier molecular flexibility index (Phi) is 9.93. The number of carbonyl (C=O) groups excluding carboxylic acids is 4. The first-order chi connectivity index (χ1) is 18.4. The van der Waals surface area contributed by atoms with E-state index in [9.17, 15) is 24.4 Å². The van der Waals surface area contributed by atoms with Crippen LogP contribution >= 0.6 is 23.1 Å². The van der Waals surface area contributed by atoms with E-state index in [0.29, 0.717) is 12.2 Å². The van der Waals surface area contributed by atoms with E-state index in [1.165, 1.54) is 36.1 Å². The molecule has 3 rings (SSSR count). The van der Waals surface area contributed by atoms with Crippen molar-refractivity contribution in [3.8, 4) is 0 Å². The lowest BCUT2D eigenvalue weighted by atomic mass is 9.97. The number of methoxy groups -OCH3 is 1. The molecule has 4 N–H and O–H groups in total. The van der Waals surface area contributed by atoms with Gasteiger partial charge in [0.1, 0.15) is 22.8 Å². The Bertz CT molecular complexity index is 1180. The van der Waals surface area contributed by atoms with Gasteiger partial charge in [0, 0.05) is 25.2 Å². The normalized spacial score (nSPS) is 20.2. The Balaban J connectivity index is 1.77. The Labute approximate surface area is 232 Å². The number of nitrogens with two attached hydrogens (primary N) is 1. The second-order valence-corrected chi connectivity index (χ2v) is 11.5. The van der Waals surface area contributed by atoms with Gasteiger partial charge in [0.25, 0.3) is 11.8 Å². The smallest absolute Gasteiger partial charge is 0.358 e. The van der Waals surface area contributed by atoms with Gasteiger partial charge in [-0.25, -0.2) is 9.78 Å². The highest BCUT2D eigenvalue weighted by Crippen LogP contribution is 2.41. The molecule has 1 saturated heterocycles. The number of nitrogen functional groups attached to an aromatic ring is 1. The molecule has 0 saturated carbocycles.